The molecule has 5 nitrogen and oxygen atoms in total. The molecule has 100 heavy (non-hydrogen) atoms. The van der Waals surface area contributed by atoms with Gasteiger partial charge in [-0.3, -0.25) is 0 Å². The lowest BCUT2D eigenvalue weighted by molar-refractivity contribution is 0.585. The highest BCUT2D eigenvalue weighted by Crippen LogP contribution is 2.54. The molecule has 4 heterocycles. The van der Waals surface area contributed by atoms with E-state index in [9.17, 15) is 0 Å². The van der Waals surface area contributed by atoms with E-state index in [-0.39, 0.29) is 19.1 Å². The summed E-state index contributed by atoms with van der Waals surface area (Å²) >= 11 is 1.76. The van der Waals surface area contributed by atoms with Gasteiger partial charge < -0.3 is 24.5 Å². The molecule has 0 amide bonds. The lowest BCUT2D eigenvalue weighted by Gasteiger charge is -2.46. The van der Waals surface area contributed by atoms with Gasteiger partial charge in [-0.2, -0.15) is 0 Å². The van der Waals surface area contributed by atoms with Crippen LogP contribution in [0.15, 0.2) is 368 Å². The first-order chi connectivity index (χ1) is 49.5. The summed E-state index contributed by atoms with van der Waals surface area (Å²) in [6.07, 6.45) is 0. The minimum absolute atomic E-state index is 0.250. The maximum absolute atomic E-state index is 18.6. The van der Waals surface area contributed by atoms with Gasteiger partial charge in [-0.15, -0.1) is 0 Å². The molecule has 19 rings (SSSR count). The third-order valence-corrected chi connectivity index (χ3v) is 21.2. The summed E-state index contributed by atoms with van der Waals surface area (Å²) in [6, 6.07) is 125. The van der Waals surface area contributed by atoms with E-state index in [1.165, 1.54) is 17.0 Å². The highest BCUT2D eigenvalue weighted by molar-refractivity contribution is 8.00. The van der Waals surface area contributed by atoms with E-state index in [2.05, 4.69) is 328 Å². The molecule has 0 unspecified atom stereocenters. The molecule has 0 spiro atoms. The molecule has 0 saturated heterocycles. The number of hydrogen-bond acceptors (Lipinski definition) is 6. The summed E-state index contributed by atoms with van der Waals surface area (Å²) in [6.45, 7) is -0.648. The maximum atomic E-state index is 18.6. The smallest absolute Gasteiger partial charge is 0.252 e. The van der Waals surface area contributed by atoms with Crippen LogP contribution in [-0.4, -0.2) is 13.4 Å². The zero-order chi connectivity index (χ0) is 66.4. The first-order valence-electron chi connectivity index (χ1n) is 33.9. The Hall–Kier alpha value is -12.4. The van der Waals surface area contributed by atoms with Gasteiger partial charge in [0.15, 0.2) is 5.82 Å². The zero-order valence-corrected chi connectivity index (χ0v) is 54.9. The van der Waals surface area contributed by atoms with E-state index in [0.29, 0.717) is 11.1 Å². The van der Waals surface area contributed by atoms with Crippen molar-refractivity contribution in [1.29, 1.82) is 0 Å². The van der Waals surface area contributed by atoms with Crippen molar-refractivity contribution in [2.75, 3.05) is 24.5 Å². The van der Waals surface area contributed by atoms with Crippen LogP contribution in [0.3, 0.4) is 0 Å². The van der Waals surface area contributed by atoms with Gasteiger partial charge in [-0.25, -0.2) is 8.78 Å². The molecule has 0 atom stereocenters. The molecule has 0 aliphatic carbocycles. The molecule has 470 valence electrons. The number of fused-ring (bicyclic) bond motifs is 8. The van der Waals surface area contributed by atoms with Crippen LogP contribution in [0.4, 0.5) is 94.1 Å². The Bertz CT molecular complexity index is 5620. The molecule has 0 bridgehead atoms. The molecule has 0 fully saturated rings. The number of halogens is 2. The summed E-state index contributed by atoms with van der Waals surface area (Å²) in [5.41, 5.74) is 26.0. The van der Waals surface area contributed by atoms with E-state index >= 15 is 8.78 Å². The third-order valence-electron chi connectivity index (χ3n) is 20.1. The lowest BCUT2D eigenvalue weighted by Crippen LogP contribution is -2.64. The quantitative estimate of drug-likeness (QED) is 0.113. The third kappa shape index (κ3) is 9.69. The van der Waals surface area contributed by atoms with Crippen LogP contribution in [0.2, 0.25) is 0 Å². The standard InChI is InChI=1S/C90H59B2F2N5S/c93-63-52-72(62-34-12-3-13-35-62)90(77(94)53-63)99-82-59-86-76(58-75(82)91-73-46-24-28-50-80(73)97(67-42-20-7-21-43-67)83-54-68(55-84(99)88(83)91)95(64-36-14-4-15-37-64)65-38-16-5-17-39-65)92-74-47-25-29-51-81(74)98(79-49-27-23-45-71(79)61-32-10-2-11-33-61)85-56-69(57-87(100-86)89(85)92)96(66-40-18-6-19-41-66)78-48-26-22-44-70(78)60-30-8-1-9-31-60/h1-59H. The van der Waals surface area contributed by atoms with Gasteiger partial charge >= 0.3 is 0 Å². The summed E-state index contributed by atoms with van der Waals surface area (Å²) < 4.78 is 35.2. The topological polar surface area (TPSA) is 16.2 Å². The minimum atomic E-state index is -0.680. The molecule has 0 N–H and O–H groups in total. The van der Waals surface area contributed by atoms with Crippen molar-refractivity contribution in [3.05, 3.63) is 370 Å². The Labute approximate surface area is 585 Å². The van der Waals surface area contributed by atoms with Crippen LogP contribution in [0.25, 0.3) is 33.4 Å². The molecular weight excluding hydrogens is 1240 g/mol. The van der Waals surface area contributed by atoms with Crippen LogP contribution in [0.5, 0.6) is 0 Å². The number of nitrogens with zero attached hydrogens (tertiary/aromatic N) is 5. The summed E-state index contributed by atoms with van der Waals surface area (Å²) in [5.74, 6) is -1.34. The number of hydrogen-bond donors (Lipinski definition) is 0. The Kier molecular flexibility index (Phi) is 14.3. The second-order valence-electron chi connectivity index (χ2n) is 25.7. The maximum Gasteiger partial charge on any atom is 0.252 e. The summed E-state index contributed by atoms with van der Waals surface area (Å²) in [5, 5.41) is 0. The van der Waals surface area contributed by atoms with Crippen molar-refractivity contribution in [2.24, 2.45) is 0 Å². The highest BCUT2D eigenvalue weighted by Gasteiger charge is 2.48. The minimum Gasteiger partial charge on any atom is -0.311 e. The van der Waals surface area contributed by atoms with Crippen molar-refractivity contribution in [2.45, 2.75) is 9.79 Å². The second kappa shape index (κ2) is 24.3. The summed E-state index contributed by atoms with van der Waals surface area (Å²) in [7, 11) is 0. The Morgan fingerprint density at radius 3 is 1.31 bits per heavy atom. The Morgan fingerprint density at radius 1 is 0.270 bits per heavy atom. The van der Waals surface area contributed by atoms with Crippen molar-refractivity contribution in [3.63, 3.8) is 0 Å². The molecule has 0 aromatic heterocycles. The van der Waals surface area contributed by atoms with Crippen LogP contribution in [0.1, 0.15) is 0 Å². The molecule has 0 radical (unpaired) electrons. The average molecular weight is 1300 g/mol. The zero-order valence-electron chi connectivity index (χ0n) is 54.1. The largest absolute Gasteiger partial charge is 0.311 e. The van der Waals surface area contributed by atoms with Crippen LogP contribution >= 0.6 is 11.8 Å². The molecule has 4 aliphatic heterocycles. The molecule has 0 saturated carbocycles. The second-order valence-corrected chi connectivity index (χ2v) is 26.8. The van der Waals surface area contributed by atoms with Crippen LogP contribution in [0, 0.1) is 11.6 Å². The van der Waals surface area contributed by atoms with Crippen molar-refractivity contribution >= 4 is 143 Å². The Balaban J connectivity index is 0.922. The van der Waals surface area contributed by atoms with E-state index in [1.807, 2.05) is 42.5 Å². The first kappa shape index (κ1) is 58.9. The number of rotatable bonds is 12. The van der Waals surface area contributed by atoms with Gasteiger partial charge in [0.2, 0.25) is 6.71 Å². The fourth-order valence-electron chi connectivity index (χ4n) is 16.0. The SMILES string of the molecule is Fc1cc(F)c(N2c3cc4c(cc3B3c5ccccc5N(c5ccccc5)c5cc(N(c6ccccc6)c6ccccc6)cc2c53)B2c3ccccc3N(c3ccccc3-c3ccccc3)c3cc(N(c5ccccc5)c5ccccc5-c5ccccc5)cc(c32)S4)c(-c2ccccc2)c1. The molecule has 4 aliphatic rings. The molecule has 10 heteroatoms. The fraction of sp³-hybridized carbons (Fsp3) is 0. The van der Waals surface area contributed by atoms with E-state index in [4.69, 9.17) is 0 Å². The van der Waals surface area contributed by atoms with Crippen molar-refractivity contribution < 1.29 is 8.78 Å². The number of para-hydroxylation sites is 8. The molecule has 15 aromatic carbocycles. The van der Waals surface area contributed by atoms with Crippen LogP contribution < -0.4 is 57.3 Å². The molecular formula is C90H59B2F2N5S. The fourth-order valence-corrected chi connectivity index (χ4v) is 17.2. The predicted octanol–water partition coefficient (Wildman–Crippen LogP) is 20.8. The van der Waals surface area contributed by atoms with Gasteiger partial charge in [0.1, 0.15) is 5.82 Å². The number of anilines is 15. The van der Waals surface area contributed by atoms with E-state index < -0.39 is 11.6 Å². The average Bonchev–Trinajstić information content (AvgIpc) is 0.688. The van der Waals surface area contributed by atoms with Crippen molar-refractivity contribution in [3.8, 4) is 33.4 Å². The van der Waals surface area contributed by atoms with Gasteiger partial charge in [0.25, 0.3) is 6.71 Å². The summed E-state index contributed by atoms with van der Waals surface area (Å²) in [4.78, 5) is 13.9. The van der Waals surface area contributed by atoms with Gasteiger partial charge in [0, 0.05) is 95.1 Å². The first-order valence-corrected chi connectivity index (χ1v) is 34.7. The lowest BCUT2D eigenvalue weighted by atomic mass is 9.31. The van der Waals surface area contributed by atoms with Gasteiger partial charge in [0.05, 0.1) is 22.7 Å². The highest BCUT2D eigenvalue weighted by atomic mass is 32.2. The van der Waals surface area contributed by atoms with Gasteiger partial charge in [-0.05, 0) is 153 Å². The predicted molar refractivity (Wildman–Crippen MR) is 416 cm³/mol. The van der Waals surface area contributed by atoms with E-state index in [1.54, 1.807) is 11.8 Å². The van der Waals surface area contributed by atoms with Gasteiger partial charge in [-0.1, -0.05) is 260 Å². The van der Waals surface area contributed by atoms with E-state index in [0.717, 1.165) is 140 Å². The monoisotopic (exact) mass is 1300 g/mol. The number of benzene rings is 15. The molecule has 15 aromatic rings. The Morgan fingerprint density at radius 2 is 0.710 bits per heavy atom. The normalized spacial score (nSPS) is 12.8. The van der Waals surface area contributed by atoms with Crippen LogP contribution in [-0.2, 0) is 0 Å². The van der Waals surface area contributed by atoms with Crippen molar-refractivity contribution in [1.82, 2.24) is 0 Å².